The second-order valence-corrected chi connectivity index (χ2v) is 4.36. The highest BCUT2D eigenvalue weighted by Crippen LogP contribution is 2.15. The van der Waals surface area contributed by atoms with E-state index in [1.165, 1.54) is 0 Å². The average molecular weight is 258 g/mol. The van der Waals surface area contributed by atoms with E-state index in [0.717, 1.165) is 45.1 Å². The monoisotopic (exact) mass is 258 g/mol. The maximum Gasteiger partial charge on any atom is 0.233 e. The number of anilines is 1. The largest absolute Gasteiger partial charge is 0.383 e. The van der Waals surface area contributed by atoms with Crippen molar-refractivity contribution >= 4 is 12.0 Å². The van der Waals surface area contributed by atoms with Crippen LogP contribution in [-0.2, 0) is 9.53 Å². The van der Waals surface area contributed by atoms with E-state index in [1.807, 2.05) is 0 Å². The van der Waals surface area contributed by atoms with Crippen molar-refractivity contribution in [2.24, 2.45) is 0 Å². The van der Waals surface area contributed by atoms with Crippen molar-refractivity contribution in [3.63, 3.8) is 0 Å². The lowest BCUT2D eigenvalue weighted by molar-refractivity contribution is 0.0398. The van der Waals surface area contributed by atoms with Crippen LogP contribution < -0.4 is 5.32 Å². The van der Waals surface area contributed by atoms with E-state index in [0.29, 0.717) is 11.1 Å². The minimum absolute atomic E-state index is 0.398. The molecule has 1 aliphatic heterocycles. The van der Waals surface area contributed by atoms with Gasteiger partial charge in [-0.15, -0.1) is 0 Å². The predicted octanol–water partition coefficient (Wildman–Crippen LogP) is 0.760. The van der Waals surface area contributed by atoms with Gasteiger partial charge < -0.3 is 10.1 Å². The van der Waals surface area contributed by atoms with Gasteiger partial charge >= 0.3 is 0 Å². The third kappa shape index (κ3) is 3.78. The summed E-state index contributed by atoms with van der Waals surface area (Å²) in [5, 5.41) is 12.3. The number of carbonyl (C=O) groups excluding carboxylic acids is 1. The number of benzene rings is 1. The van der Waals surface area contributed by atoms with Gasteiger partial charge in [0, 0.05) is 31.7 Å². The molecule has 0 unspecified atom stereocenters. The number of rotatable bonds is 5. The Balaban J connectivity index is 1.88. The van der Waals surface area contributed by atoms with Gasteiger partial charge in [0.1, 0.15) is 6.07 Å². The van der Waals surface area contributed by atoms with Gasteiger partial charge in [-0.05, 0) is 18.2 Å². The first-order valence-corrected chi connectivity index (χ1v) is 6.30. The first-order valence-electron chi connectivity index (χ1n) is 6.30. The second-order valence-electron chi connectivity index (χ2n) is 4.36. The fraction of sp³-hybridized carbons (Fsp3) is 0.429. The third-order valence-corrected chi connectivity index (χ3v) is 3.11. The summed E-state index contributed by atoms with van der Waals surface area (Å²) in [5.41, 5.74) is 1.63. The number of nitriles is 1. The van der Waals surface area contributed by atoms with E-state index < -0.39 is 0 Å². The van der Waals surface area contributed by atoms with Crippen molar-refractivity contribution in [2.45, 2.75) is 0 Å². The molecule has 0 aromatic heterocycles. The lowest BCUT2D eigenvalue weighted by Gasteiger charge is -2.26. The van der Waals surface area contributed by atoms with Crippen LogP contribution in [0.2, 0.25) is 0 Å². The molecule has 5 nitrogen and oxygen atoms in total. The summed E-state index contributed by atoms with van der Waals surface area (Å²) in [4.78, 5) is 12.8. The standard InChI is InChI=1S/C14H16N3O2/c15-10-13-9-12(11-18)1-2-14(13)16-3-4-17-5-7-19-8-6-17/h1-2,9,16H,3-8H2. The minimum atomic E-state index is 0.398. The lowest BCUT2D eigenvalue weighted by Crippen LogP contribution is -2.39. The first kappa shape index (κ1) is 13.5. The normalized spacial score (nSPS) is 15.7. The molecule has 1 aromatic rings. The van der Waals surface area contributed by atoms with E-state index in [9.17, 15) is 4.79 Å². The molecule has 0 spiro atoms. The molecule has 5 heteroatoms. The Morgan fingerprint density at radius 1 is 1.37 bits per heavy atom. The Morgan fingerprint density at radius 3 is 2.84 bits per heavy atom. The highest BCUT2D eigenvalue weighted by Gasteiger charge is 2.10. The maximum atomic E-state index is 10.5. The summed E-state index contributed by atoms with van der Waals surface area (Å²) >= 11 is 0. The molecule has 0 atom stereocenters. The molecule has 1 aliphatic rings. The van der Waals surface area contributed by atoms with Gasteiger partial charge in [0.05, 0.1) is 24.5 Å². The van der Waals surface area contributed by atoms with Crippen molar-refractivity contribution in [3.8, 4) is 6.07 Å². The van der Waals surface area contributed by atoms with Gasteiger partial charge in [-0.3, -0.25) is 9.69 Å². The Hall–Kier alpha value is -1.90. The van der Waals surface area contributed by atoms with E-state index in [4.69, 9.17) is 10.00 Å². The van der Waals surface area contributed by atoms with E-state index in [-0.39, 0.29) is 0 Å². The van der Waals surface area contributed by atoms with Gasteiger partial charge in [-0.1, -0.05) is 0 Å². The second kappa shape index (κ2) is 6.88. The zero-order valence-corrected chi connectivity index (χ0v) is 10.7. The van der Waals surface area contributed by atoms with Crippen LogP contribution in [0.4, 0.5) is 5.69 Å². The van der Waals surface area contributed by atoms with Gasteiger partial charge in [0.15, 0.2) is 0 Å². The number of morpholine rings is 1. The van der Waals surface area contributed by atoms with Crippen molar-refractivity contribution in [1.29, 1.82) is 5.26 Å². The van der Waals surface area contributed by atoms with Crippen LogP contribution in [0, 0.1) is 11.3 Å². The van der Waals surface area contributed by atoms with Crippen molar-refractivity contribution in [3.05, 3.63) is 29.3 Å². The van der Waals surface area contributed by atoms with Gasteiger partial charge in [-0.25, -0.2) is 0 Å². The van der Waals surface area contributed by atoms with Crippen molar-refractivity contribution in [1.82, 2.24) is 4.90 Å². The topological polar surface area (TPSA) is 65.4 Å². The Labute approximate surface area is 112 Å². The Kier molecular flexibility index (Phi) is 4.90. The average Bonchev–Trinajstić information content (AvgIpc) is 2.48. The quantitative estimate of drug-likeness (QED) is 0.844. The molecule has 1 saturated heterocycles. The van der Waals surface area contributed by atoms with Crippen LogP contribution in [0.15, 0.2) is 18.2 Å². The van der Waals surface area contributed by atoms with Crippen LogP contribution in [0.25, 0.3) is 0 Å². The number of ether oxygens (including phenoxy) is 1. The fourth-order valence-corrected chi connectivity index (χ4v) is 2.03. The summed E-state index contributed by atoms with van der Waals surface area (Å²) in [7, 11) is 0. The molecule has 1 radical (unpaired) electrons. The maximum absolute atomic E-state index is 10.5. The van der Waals surface area contributed by atoms with Crippen LogP contribution in [0.5, 0.6) is 0 Å². The van der Waals surface area contributed by atoms with Crippen LogP contribution in [-0.4, -0.2) is 50.6 Å². The highest BCUT2D eigenvalue weighted by atomic mass is 16.5. The first-order chi connectivity index (χ1) is 9.33. The van der Waals surface area contributed by atoms with Crippen LogP contribution in [0.1, 0.15) is 11.1 Å². The van der Waals surface area contributed by atoms with Crippen molar-refractivity contribution in [2.75, 3.05) is 44.7 Å². The predicted molar refractivity (Wildman–Crippen MR) is 71.7 cm³/mol. The van der Waals surface area contributed by atoms with Gasteiger partial charge in [0.25, 0.3) is 0 Å². The van der Waals surface area contributed by atoms with Crippen LogP contribution >= 0.6 is 0 Å². The van der Waals surface area contributed by atoms with E-state index >= 15 is 0 Å². The molecule has 99 valence electrons. The molecule has 1 aromatic carbocycles. The summed E-state index contributed by atoms with van der Waals surface area (Å²) in [5.74, 6) is 0. The number of nitrogens with zero attached hydrogens (tertiary/aromatic N) is 2. The lowest BCUT2D eigenvalue weighted by atomic mass is 10.1. The molecule has 0 saturated carbocycles. The molecular weight excluding hydrogens is 242 g/mol. The van der Waals surface area contributed by atoms with Crippen LogP contribution in [0.3, 0.4) is 0 Å². The van der Waals surface area contributed by atoms with E-state index in [1.54, 1.807) is 24.5 Å². The number of hydrogen-bond donors (Lipinski definition) is 1. The molecule has 1 N–H and O–H groups in total. The molecule has 0 amide bonds. The minimum Gasteiger partial charge on any atom is -0.383 e. The number of nitrogens with one attached hydrogen (secondary N) is 1. The summed E-state index contributed by atoms with van der Waals surface area (Å²) in [6.45, 7) is 5.15. The molecule has 1 fully saturated rings. The summed E-state index contributed by atoms with van der Waals surface area (Å²) in [6.07, 6.45) is 1.79. The molecule has 2 rings (SSSR count). The summed E-state index contributed by atoms with van der Waals surface area (Å²) < 4.78 is 5.28. The van der Waals surface area contributed by atoms with E-state index in [2.05, 4.69) is 16.3 Å². The SMILES string of the molecule is N#Cc1cc([C]=O)ccc1NCCN1CCOCC1. The molecule has 19 heavy (non-hydrogen) atoms. The van der Waals surface area contributed by atoms with Gasteiger partial charge in [0.2, 0.25) is 6.29 Å². The molecule has 0 aliphatic carbocycles. The van der Waals surface area contributed by atoms with Gasteiger partial charge in [-0.2, -0.15) is 5.26 Å². The fourth-order valence-electron chi connectivity index (χ4n) is 2.03. The number of hydrogen-bond acceptors (Lipinski definition) is 5. The highest BCUT2D eigenvalue weighted by molar-refractivity contribution is 5.78. The molecular formula is C14H16N3O2. The van der Waals surface area contributed by atoms with Crippen molar-refractivity contribution < 1.29 is 9.53 Å². The Bertz CT molecular complexity index is 476. The zero-order chi connectivity index (χ0) is 13.5. The third-order valence-electron chi connectivity index (χ3n) is 3.11. The summed E-state index contributed by atoms with van der Waals surface area (Å²) in [6, 6.07) is 7.04. The molecule has 0 bridgehead atoms. The zero-order valence-electron chi connectivity index (χ0n) is 10.7. The smallest absolute Gasteiger partial charge is 0.233 e. The Morgan fingerprint density at radius 2 is 2.16 bits per heavy atom. The molecule has 1 heterocycles.